The van der Waals surface area contributed by atoms with E-state index in [9.17, 15) is 61.9 Å². The fourth-order valence-electron chi connectivity index (χ4n) is 0.904. The average molecular weight is 384 g/mol. The molecule has 0 aromatic rings. The van der Waals surface area contributed by atoms with Gasteiger partial charge in [-0.05, 0) is 0 Å². The fraction of sp³-hybridized carbons (Fsp3) is 0.857. The predicted octanol–water partition coefficient (Wildman–Crippen LogP) is 3.96. The van der Waals surface area contributed by atoms with Gasteiger partial charge in [0.05, 0.1) is 0 Å². The zero-order chi connectivity index (χ0) is 18.6. The van der Waals surface area contributed by atoms with Crippen LogP contribution in [0.4, 0.5) is 61.8 Å². The van der Waals surface area contributed by atoms with Crippen LogP contribution in [0.15, 0.2) is 0 Å². The molecule has 23 heavy (non-hydrogen) atoms. The van der Waals surface area contributed by atoms with Crippen LogP contribution in [0.5, 0.6) is 0 Å². The molecule has 0 aliphatic carbocycles. The van der Waals surface area contributed by atoms with Crippen molar-refractivity contribution in [2.45, 2.75) is 35.8 Å². The summed E-state index contributed by atoms with van der Waals surface area (Å²) < 4.78 is 159. The molecule has 0 heterocycles. The molecule has 16 heteroatoms. The largest absolute Gasteiger partial charge is 0.477 e. The van der Waals surface area contributed by atoms with Crippen LogP contribution < -0.4 is 0 Å². The first-order valence-electron chi connectivity index (χ1n) is 4.38. The summed E-state index contributed by atoms with van der Waals surface area (Å²) in [5.41, 5.74) is 0. The van der Waals surface area contributed by atoms with Gasteiger partial charge in [-0.2, -0.15) is 57.1 Å². The van der Waals surface area contributed by atoms with E-state index in [4.69, 9.17) is 5.11 Å². The zero-order valence-electron chi connectivity index (χ0n) is 9.68. The lowest BCUT2D eigenvalue weighted by Crippen LogP contribution is -2.71. The second kappa shape index (κ2) is 5.54. The lowest BCUT2D eigenvalue weighted by Gasteiger charge is -2.38. The molecule has 0 aromatic heterocycles. The second-order valence-corrected chi connectivity index (χ2v) is 3.67. The summed E-state index contributed by atoms with van der Waals surface area (Å²) in [5, 5.41) is 7.55. The van der Waals surface area contributed by atoms with Crippen LogP contribution in [0.1, 0.15) is 0 Å². The summed E-state index contributed by atoms with van der Waals surface area (Å²) in [5.74, 6) is -43.0. The number of halogens is 14. The van der Waals surface area contributed by atoms with Gasteiger partial charge in [0.2, 0.25) is 0 Å². The van der Waals surface area contributed by atoms with E-state index in [0.717, 1.165) is 0 Å². The minimum Gasteiger partial charge on any atom is -0.477 e. The SMILES string of the molecule is F.O=C(O)C(F)(F)C(F)(F)C(F)(F)C(F)(F)C(F)(F)C(F)(F)F. The van der Waals surface area contributed by atoms with Crippen molar-refractivity contribution in [1.29, 1.82) is 0 Å². The highest BCUT2D eigenvalue weighted by Crippen LogP contribution is 2.60. The number of rotatable bonds is 5. The Hall–Kier alpha value is -1.51. The van der Waals surface area contributed by atoms with Gasteiger partial charge in [-0.3, -0.25) is 4.70 Å². The Bertz CT molecular complexity index is 449. The third-order valence-electron chi connectivity index (χ3n) is 2.20. The van der Waals surface area contributed by atoms with Crippen molar-refractivity contribution < 1.29 is 71.7 Å². The Morgan fingerprint density at radius 2 is 0.826 bits per heavy atom. The third kappa shape index (κ3) is 2.86. The average Bonchev–Trinajstić information content (AvgIpc) is 2.25. The highest BCUT2D eigenvalue weighted by atomic mass is 19.4. The first-order valence-corrected chi connectivity index (χ1v) is 4.38. The molecule has 0 bridgehead atoms. The van der Waals surface area contributed by atoms with E-state index in [2.05, 4.69) is 0 Å². The first-order chi connectivity index (χ1) is 9.19. The molecule has 0 aliphatic heterocycles. The molecule has 0 atom stereocenters. The number of carbonyl (C=O) groups is 1. The maximum absolute atomic E-state index is 12.6. The van der Waals surface area contributed by atoms with Gasteiger partial charge < -0.3 is 5.11 Å². The van der Waals surface area contributed by atoms with Crippen LogP contribution in [0, 0.1) is 0 Å². The molecule has 0 aliphatic rings. The minimum absolute atomic E-state index is 0. The normalized spacial score (nSPS) is 15.2. The molecule has 0 amide bonds. The van der Waals surface area contributed by atoms with Crippen molar-refractivity contribution in [1.82, 2.24) is 0 Å². The van der Waals surface area contributed by atoms with Gasteiger partial charge in [-0.15, -0.1) is 0 Å². The number of aliphatic carboxylic acids is 1. The highest BCUT2D eigenvalue weighted by Gasteiger charge is 2.91. The van der Waals surface area contributed by atoms with Crippen molar-refractivity contribution >= 4 is 5.97 Å². The standard InChI is InChI=1S/C7HF13O2.FH/c8-2(9,1(21)22)3(10,11)4(12,13)5(14,15)6(16,17)7(18,19)20;/h(H,21,22);1H. The van der Waals surface area contributed by atoms with E-state index in [1.165, 1.54) is 0 Å². The number of carboxylic acids is 1. The van der Waals surface area contributed by atoms with E-state index < -0.39 is 41.8 Å². The lowest BCUT2D eigenvalue weighted by molar-refractivity contribution is -0.436. The van der Waals surface area contributed by atoms with Gasteiger partial charge in [0.15, 0.2) is 0 Å². The van der Waals surface area contributed by atoms with Gasteiger partial charge >= 0.3 is 41.8 Å². The quantitative estimate of drug-likeness (QED) is 0.729. The molecule has 0 rings (SSSR count). The molecule has 0 saturated carbocycles. The van der Waals surface area contributed by atoms with Crippen molar-refractivity contribution in [2.75, 3.05) is 0 Å². The van der Waals surface area contributed by atoms with Crippen molar-refractivity contribution in [2.24, 2.45) is 0 Å². The summed E-state index contributed by atoms with van der Waals surface area (Å²) in [4.78, 5) is 9.67. The van der Waals surface area contributed by atoms with Gasteiger partial charge in [-0.25, -0.2) is 4.79 Å². The highest BCUT2D eigenvalue weighted by molar-refractivity contribution is 5.77. The molecular formula is C7H2F14O2. The Balaban J connectivity index is 0. The molecule has 140 valence electrons. The Morgan fingerprint density at radius 3 is 1.04 bits per heavy atom. The number of hydrogen-bond acceptors (Lipinski definition) is 1. The van der Waals surface area contributed by atoms with Crippen molar-refractivity contribution in [3.8, 4) is 0 Å². The van der Waals surface area contributed by atoms with Crippen LogP contribution in [-0.4, -0.2) is 46.9 Å². The first kappa shape index (κ1) is 23.8. The minimum atomic E-state index is -8.08. The molecule has 1 N–H and O–H groups in total. The van der Waals surface area contributed by atoms with E-state index >= 15 is 0 Å². The van der Waals surface area contributed by atoms with Gasteiger partial charge in [0.1, 0.15) is 0 Å². The number of alkyl halides is 13. The molecule has 0 spiro atoms. The molecule has 0 aromatic carbocycles. The van der Waals surface area contributed by atoms with Crippen molar-refractivity contribution in [3.63, 3.8) is 0 Å². The number of carboxylic acid groups (broad SMARTS) is 1. The molecule has 0 unspecified atom stereocenters. The Kier molecular flexibility index (Phi) is 5.72. The van der Waals surface area contributed by atoms with Gasteiger partial charge in [0.25, 0.3) is 0 Å². The van der Waals surface area contributed by atoms with Gasteiger partial charge in [-0.1, -0.05) is 0 Å². The predicted molar refractivity (Wildman–Crippen MR) is 40.9 cm³/mol. The molecule has 0 saturated heterocycles. The third-order valence-corrected chi connectivity index (χ3v) is 2.20. The maximum atomic E-state index is 12.6. The van der Waals surface area contributed by atoms with E-state index in [1.807, 2.05) is 0 Å². The second-order valence-electron chi connectivity index (χ2n) is 3.67. The van der Waals surface area contributed by atoms with E-state index in [-0.39, 0.29) is 4.70 Å². The molecule has 0 fully saturated rings. The monoisotopic (exact) mass is 384 g/mol. The summed E-state index contributed by atoms with van der Waals surface area (Å²) in [6, 6.07) is 0. The van der Waals surface area contributed by atoms with Crippen LogP contribution in [0.2, 0.25) is 0 Å². The molecule has 2 nitrogen and oxygen atoms in total. The smallest absolute Gasteiger partial charge is 0.460 e. The van der Waals surface area contributed by atoms with Gasteiger partial charge in [0, 0.05) is 0 Å². The van der Waals surface area contributed by atoms with E-state index in [0.29, 0.717) is 0 Å². The van der Waals surface area contributed by atoms with E-state index in [1.54, 1.807) is 0 Å². The lowest BCUT2D eigenvalue weighted by atomic mass is 9.94. The summed E-state index contributed by atoms with van der Waals surface area (Å²) >= 11 is 0. The van der Waals surface area contributed by atoms with Crippen molar-refractivity contribution in [3.05, 3.63) is 0 Å². The maximum Gasteiger partial charge on any atom is 0.460 e. The zero-order valence-corrected chi connectivity index (χ0v) is 9.68. The van der Waals surface area contributed by atoms with Crippen LogP contribution in [0.3, 0.4) is 0 Å². The summed E-state index contributed by atoms with van der Waals surface area (Å²) in [6.07, 6.45) is -7.52. The molecular weight excluding hydrogens is 382 g/mol. The van der Waals surface area contributed by atoms with Crippen LogP contribution in [-0.2, 0) is 4.79 Å². The number of hydrogen-bond donors (Lipinski definition) is 1. The Morgan fingerprint density at radius 1 is 0.565 bits per heavy atom. The summed E-state index contributed by atoms with van der Waals surface area (Å²) in [7, 11) is 0. The fourth-order valence-corrected chi connectivity index (χ4v) is 0.904. The van der Waals surface area contributed by atoms with Crippen LogP contribution >= 0.6 is 0 Å². The molecule has 0 radical (unpaired) electrons. The Labute approximate surface area is 115 Å². The van der Waals surface area contributed by atoms with Crippen LogP contribution in [0.25, 0.3) is 0 Å². The summed E-state index contributed by atoms with van der Waals surface area (Å²) in [6.45, 7) is 0. The topological polar surface area (TPSA) is 37.3 Å².